The topological polar surface area (TPSA) is 47.3 Å². The zero-order valence-electron chi connectivity index (χ0n) is 9.58. The minimum atomic E-state index is 0.692. The molecule has 3 unspecified atom stereocenters. The molecule has 3 atom stereocenters. The minimum Gasteiger partial charge on any atom is -0.381 e. The van der Waals surface area contributed by atoms with Gasteiger partial charge in [-0.05, 0) is 50.6 Å². The summed E-state index contributed by atoms with van der Waals surface area (Å²) in [6.07, 6.45) is 6.52. The van der Waals surface area contributed by atoms with Gasteiger partial charge in [-0.3, -0.25) is 0 Å². The highest BCUT2D eigenvalue weighted by molar-refractivity contribution is 4.83. The van der Waals surface area contributed by atoms with Crippen LogP contribution in [0.25, 0.3) is 0 Å². The van der Waals surface area contributed by atoms with Crippen molar-refractivity contribution >= 4 is 0 Å². The molecule has 3 nitrogen and oxygen atoms in total. The highest BCUT2D eigenvalue weighted by Crippen LogP contribution is 2.24. The predicted octanol–water partition coefficient (Wildman–Crippen LogP) is 1.13. The summed E-state index contributed by atoms with van der Waals surface area (Å²) in [7, 11) is 0. The van der Waals surface area contributed by atoms with Gasteiger partial charge >= 0.3 is 0 Å². The van der Waals surface area contributed by atoms with Crippen LogP contribution < -0.4 is 11.1 Å². The molecule has 3 N–H and O–H groups in total. The first kappa shape index (κ1) is 11.4. The zero-order chi connectivity index (χ0) is 10.5. The Morgan fingerprint density at radius 1 is 1.27 bits per heavy atom. The molecule has 3 heteroatoms. The van der Waals surface area contributed by atoms with Crippen molar-refractivity contribution in [3.63, 3.8) is 0 Å². The van der Waals surface area contributed by atoms with Gasteiger partial charge in [0.15, 0.2) is 0 Å². The summed E-state index contributed by atoms with van der Waals surface area (Å²) in [5, 5.41) is 3.67. The van der Waals surface area contributed by atoms with Crippen LogP contribution in [0.1, 0.15) is 32.1 Å². The molecule has 0 aromatic heterocycles. The Kier molecular flexibility index (Phi) is 4.42. The van der Waals surface area contributed by atoms with Crippen molar-refractivity contribution in [2.24, 2.45) is 17.6 Å². The van der Waals surface area contributed by atoms with Gasteiger partial charge in [0.05, 0.1) is 0 Å². The van der Waals surface area contributed by atoms with Crippen LogP contribution >= 0.6 is 0 Å². The van der Waals surface area contributed by atoms with Gasteiger partial charge < -0.3 is 15.8 Å². The first-order chi connectivity index (χ1) is 7.40. The summed E-state index contributed by atoms with van der Waals surface area (Å²) in [5.74, 6) is 1.53. The maximum atomic E-state index is 5.76. The Morgan fingerprint density at radius 3 is 2.93 bits per heavy atom. The maximum Gasteiger partial charge on any atom is 0.0495 e. The molecule has 1 aliphatic carbocycles. The molecule has 2 fully saturated rings. The minimum absolute atomic E-state index is 0.692. The Balaban J connectivity index is 1.60. The molecule has 1 aliphatic heterocycles. The van der Waals surface area contributed by atoms with E-state index in [0.717, 1.165) is 38.1 Å². The van der Waals surface area contributed by atoms with Gasteiger partial charge in [0.25, 0.3) is 0 Å². The lowest BCUT2D eigenvalue weighted by Gasteiger charge is -2.20. The first-order valence-electron chi connectivity index (χ1n) is 6.41. The molecule has 0 bridgehead atoms. The quantitative estimate of drug-likeness (QED) is 0.718. The summed E-state index contributed by atoms with van der Waals surface area (Å²) < 4.78 is 5.37. The molecule has 1 saturated heterocycles. The Labute approximate surface area is 92.7 Å². The molecule has 2 aliphatic rings. The molecule has 0 radical (unpaired) electrons. The van der Waals surface area contributed by atoms with Crippen molar-refractivity contribution in [3.8, 4) is 0 Å². The average Bonchev–Trinajstić information content (AvgIpc) is 2.88. The van der Waals surface area contributed by atoms with Crippen molar-refractivity contribution in [1.82, 2.24) is 5.32 Å². The molecule has 15 heavy (non-hydrogen) atoms. The third-order valence-corrected chi connectivity index (χ3v) is 3.94. The lowest BCUT2D eigenvalue weighted by atomic mass is 10.0. The smallest absolute Gasteiger partial charge is 0.0495 e. The van der Waals surface area contributed by atoms with E-state index >= 15 is 0 Å². The van der Waals surface area contributed by atoms with Gasteiger partial charge in [-0.25, -0.2) is 0 Å². The van der Waals surface area contributed by atoms with E-state index in [-0.39, 0.29) is 0 Å². The van der Waals surface area contributed by atoms with Crippen LogP contribution in [0.5, 0.6) is 0 Å². The molecule has 0 spiro atoms. The predicted molar refractivity (Wildman–Crippen MR) is 61.7 cm³/mol. The number of hydrogen-bond donors (Lipinski definition) is 2. The maximum absolute atomic E-state index is 5.76. The van der Waals surface area contributed by atoms with E-state index in [0.29, 0.717) is 6.04 Å². The SMILES string of the molecule is NCC1CCCC1NCCC1CCOC1. The van der Waals surface area contributed by atoms with Gasteiger partial charge in [-0.15, -0.1) is 0 Å². The Morgan fingerprint density at radius 2 is 2.20 bits per heavy atom. The van der Waals surface area contributed by atoms with Crippen LogP contribution in [-0.2, 0) is 4.74 Å². The molecule has 0 amide bonds. The first-order valence-corrected chi connectivity index (χ1v) is 6.41. The van der Waals surface area contributed by atoms with Gasteiger partial charge in [0.1, 0.15) is 0 Å². The van der Waals surface area contributed by atoms with Crippen molar-refractivity contribution < 1.29 is 4.74 Å². The number of hydrogen-bond acceptors (Lipinski definition) is 3. The van der Waals surface area contributed by atoms with E-state index in [1.165, 1.54) is 32.1 Å². The van der Waals surface area contributed by atoms with E-state index in [4.69, 9.17) is 10.5 Å². The Hall–Kier alpha value is -0.120. The average molecular weight is 212 g/mol. The summed E-state index contributed by atoms with van der Waals surface area (Å²) >= 11 is 0. The fraction of sp³-hybridized carbons (Fsp3) is 1.00. The van der Waals surface area contributed by atoms with Crippen LogP contribution in [0.2, 0.25) is 0 Å². The van der Waals surface area contributed by atoms with Crippen molar-refractivity contribution in [2.75, 3.05) is 26.3 Å². The molecule has 1 heterocycles. The molecule has 1 saturated carbocycles. The van der Waals surface area contributed by atoms with E-state index in [2.05, 4.69) is 5.32 Å². The largest absolute Gasteiger partial charge is 0.381 e. The number of nitrogens with two attached hydrogens (primary N) is 1. The second-order valence-electron chi connectivity index (χ2n) is 5.01. The van der Waals surface area contributed by atoms with Crippen LogP contribution in [0.3, 0.4) is 0 Å². The van der Waals surface area contributed by atoms with Gasteiger partial charge in [-0.2, -0.15) is 0 Å². The summed E-state index contributed by atoms with van der Waals surface area (Å²) in [6.45, 7) is 3.95. The highest BCUT2D eigenvalue weighted by atomic mass is 16.5. The fourth-order valence-corrected chi connectivity index (χ4v) is 2.87. The van der Waals surface area contributed by atoms with Crippen LogP contribution in [0.15, 0.2) is 0 Å². The van der Waals surface area contributed by atoms with Crippen molar-refractivity contribution in [1.29, 1.82) is 0 Å². The lowest BCUT2D eigenvalue weighted by molar-refractivity contribution is 0.183. The Bertz CT molecular complexity index is 180. The number of nitrogens with one attached hydrogen (secondary N) is 1. The standard InChI is InChI=1S/C12H24N2O/c13-8-11-2-1-3-12(11)14-6-4-10-5-7-15-9-10/h10-12,14H,1-9,13H2. The molecule has 2 rings (SSSR count). The zero-order valence-corrected chi connectivity index (χ0v) is 9.58. The lowest BCUT2D eigenvalue weighted by Crippen LogP contribution is -2.37. The summed E-state index contributed by atoms with van der Waals surface area (Å²) in [5.41, 5.74) is 5.76. The monoisotopic (exact) mass is 212 g/mol. The highest BCUT2D eigenvalue weighted by Gasteiger charge is 2.25. The second kappa shape index (κ2) is 5.83. The van der Waals surface area contributed by atoms with E-state index < -0.39 is 0 Å². The summed E-state index contributed by atoms with van der Waals surface area (Å²) in [6, 6.07) is 0.692. The fourth-order valence-electron chi connectivity index (χ4n) is 2.87. The van der Waals surface area contributed by atoms with Gasteiger partial charge in [-0.1, -0.05) is 6.42 Å². The third kappa shape index (κ3) is 3.16. The molecular weight excluding hydrogens is 188 g/mol. The normalized spacial score (nSPS) is 36.2. The molecular formula is C12H24N2O. The molecule has 88 valence electrons. The second-order valence-corrected chi connectivity index (χ2v) is 5.01. The van der Waals surface area contributed by atoms with Crippen molar-refractivity contribution in [3.05, 3.63) is 0 Å². The van der Waals surface area contributed by atoms with E-state index in [1.54, 1.807) is 0 Å². The number of rotatable bonds is 5. The van der Waals surface area contributed by atoms with Crippen LogP contribution in [-0.4, -0.2) is 32.3 Å². The van der Waals surface area contributed by atoms with Crippen LogP contribution in [0.4, 0.5) is 0 Å². The molecule has 0 aromatic carbocycles. The van der Waals surface area contributed by atoms with Gasteiger partial charge in [0.2, 0.25) is 0 Å². The van der Waals surface area contributed by atoms with Gasteiger partial charge in [0, 0.05) is 19.3 Å². The van der Waals surface area contributed by atoms with Crippen LogP contribution in [0, 0.1) is 11.8 Å². The molecule has 0 aromatic rings. The number of ether oxygens (including phenoxy) is 1. The third-order valence-electron chi connectivity index (χ3n) is 3.94. The van der Waals surface area contributed by atoms with E-state index in [9.17, 15) is 0 Å². The summed E-state index contributed by atoms with van der Waals surface area (Å²) in [4.78, 5) is 0. The van der Waals surface area contributed by atoms with E-state index in [1.807, 2.05) is 0 Å². The van der Waals surface area contributed by atoms with Crippen molar-refractivity contribution in [2.45, 2.75) is 38.1 Å².